The molecule has 2 fully saturated rings. The summed E-state index contributed by atoms with van der Waals surface area (Å²) in [7, 11) is 3.56. The van der Waals surface area contributed by atoms with E-state index in [1.54, 1.807) is 19.0 Å². The first-order valence-corrected chi connectivity index (χ1v) is 7.91. The van der Waals surface area contributed by atoms with E-state index in [1.165, 1.54) is 0 Å². The Labute approximate surface area is 127 Å². The van der Waals surface area contributed by atoms with Crippen LogP contribution in [0.25, 0.3) is 0 Å². The summed E-state index contributed by atoms with van der Waals surface area (Å²) < 4.78 is 0. The molecule has 0 aromatic rings. The third kappa shape index (κ3) is 4.17. The fourth-order valence-electron chi connectivity index (χ4n) is 2.84. The predicted molar refractivity (Wildman–Crippen MR) is 81.9 cm³/mol. The van der Waals surface area contributed by atoms with Gasteiger partial charge in [0, 0.05) is 46.2 Å². The molecule has 21 heavy (non-hydrogen) atoms. The van der Waals surface area contributed by atoms with E-state index < -0.39 is 0 Å². The van der Waals surface area contributed by atoms with E-state index in [9.17, 15) is 9.59 Å². The number of rotatable bonds is 4. The third-order valence-corrected chi connectivity index (χ3v) is 4.67. The van der Waals surface area contributed by atoms with Crippen LogP contribution >= 0.6 is 0 Å². The normalized spacial score (nSPS) is 22.3. The molecule has 1 unspecified atom stereocenters. The van der Waals surface area contributed by atoms with E-state index in [1.807, 2.05) is 11.8 Å². The highest BCUT2D eigenvalue weighted by Gasteiger charge is 2.32. The maximum atomic E-state index is 12.5. The van der Waals surface area contributed by atoms with Gasteiger partial charge in [-0.25, -0.2) is 0 Å². The highest BCUT2D eigenvalue weighted by atomic mass is 16.2. The molecular formula is C15H28N4O2. The summed E-state index contributed by atoms with van der Waals surface area (Å²) in [5.41, 5.74) is 0. The summed E-state index contributed by atoms with van der Waals surface area (Å²) in [4.78, 5) is 30.1. The number of hydrogen-bond donors (Lipinski definition) is 1. The minimum absolute atomic E-state index is 0.112. The fraction of sp³-hybridized carbons (Fsp3) is 0.867. The molecule has 2 amide bonds. The van der Waals surface area contributed by atoms with Crippen LogP contribution in [0.4, 0.5) is 0 Å². The Kier molecular flexibility index (Phi) is 5.58. The monoisotopic (exact) mass is 296 g/mol. The van der Waals surface area contributed by atoms with Crippen molar-refractivity contribution in [2.45, 2.75) is 13.3 Å². The molecule has 6 heteroatoms. The lowest BCUT2D eigenvalue weighted by atomic mass is 9.88. The van der Waals surface area contributed by atoms with Crippen molar-refractivity contribution in [3.8, 4) is 0 Å². The van der Waals surface area contributed by atoms with Crippen LogP contribution in [0.5, 0.6) is 0 Å². The van der Waals surface area contributed by atoms with Crippen molar-refractivity contribution in [2.75, 3.05) is 59.9 Å². The highest BCUT2D eigenvalue weighted by Crippen LogP contribution is 2.19. The van der Waals surface area contributed by atoms with Gasteiger partial charge in [-0.05, 0) is 25.4 Å². The summed E-state index contributed by atoms with van der Waals surface area (Å²) in [6.45, 7) is 7.67. The number of likely N-dealkylation sites (N-methyl/N-ethyl adjacent to an activating group) is 1. The Bertz CT molecular complexity index is 382. The van der Waals surface area contributed by atoms with E-state index in [4.69, 9.17) is 0 Å². The van der Waals surface area contributed by atoms with Gasteiger partial charge in [0.2, 0.25) is 11.8 Å². The van der Waals surface area contributed by atoms with Crippen LogP contribution in [-0.4, -0.2) is 86.4 Å². The minimum atomic E-state index is 0.112. The molecule has 0 spiro atoms. The van der Waals surface area contributed by atoms with E-state index in [0.29, 0.717) is 12.5 Å². The van der Waals surface area contributed by atoms with Crippen molar-refractivity contribution in [3.63, 3.8) is 0 Å². The first-order valence-electron chi connectivity index (χ1n) is 7.91. The van der Waals surface area contributed by atoms with Gasteiger partial charge in [-0.15, -0.1) is 0 Å². The van der Waals surface area contributed by atoms with Crippen LogP contribution in [-0.2, 0) is 9.59 Å². The van der Waals surface area contributed by atoms with Crippen molar-refractivity contribution < 1.29 is 9.59 Å². The van der Waals surface area contributed by atoms with Gasteiger partial charge in [0.05, 0.1) is 6.54 Å². The van der Waals surface area contributed by atoms with Gasteiger partial charge in [-0.2, -0.15) is 0 Å². The first-order chi connectivity index (χ1) is 9.99. The topological polar surface area (TPSA) is 55.9 Å². The van der Waals surface area contributed by atoms with E-state index >= 15 is 0 Å². The highest BCUT2D eigenvalue weighted by molar-refractivity contribution is 5.79. The Morgan fingerprint density at radius 2 is 1.90 bits per heavy atom. The van der Waals surface area contributed by atoms with Crippen LogP contribution in [0.1, 0.15) is 13.3 Å². The summed E-state index contributed by atoms with van der Waals surface area (Å²) in [6, 6.07) is 0. The molecule has 1 atom stereocenters. The average molecular weight is 296 g/mol. The standard InChI is InChI=1S/C15H28N4O2/c1-12(13-9-16-10-13)15(21)19-6-4-5-18(7-8-19)11-14(20)17(2)3/h12-13,16H,4-11H2,1-3H3. The zero-order valence-corrected chi connectivity index (χ0v) is 13.5. The largest absolute Gasteiger partial charge is 0.348 e. The second-order valence-electron chi connectivity index (χ2n) is 6.45. The molecular weight excluding hydrogens is 268 g/mol. The summed E-state index contributed by atoms with van der Waals surface area (Å²) in [6.07, 6.45) is 0.947. The quantitative estimate of drug-likeness (QED) is 0.757. The lowest BCUT2D eigenvalue weighted by Crippen LogP contribution is -2.51. The average Bonchev–Trinajstić information content (AvgIpc) is 2.61. The molecule has 1 N–H and O–H groups in total. The van der Waals surface area contributed by atoms with Crippen molar-refractivity contribution >= 4 is 11.8 Å². The number of carbonyl (C=O) groups is 2. The zero-order valence-electron chi connectivity index (χ0n) is 13.5. The van der Waals surface area contributed by atoms with Crippen LogP contribution in [0.2, 0.25) is 0 Å². The lowest BCUT2D eigenvalue weighted by Gasteiger charge is -2.34. The van der Waals surface area contributed by atoms with Crippen LogP contribution < -0.4 is 5.32 Å². The van der Waals surface area contributed by atoms with Gasteiger partial charge in [-0.1, -0.05) is 6.92 Å². The Balaban J connectivity index is 1.82. The van der Waals surface area contributed by atoms with Crippen molar-refractivity contribution in [3.05, 3.63) is 0 Å². The molecule has 0 aliphatic carbocycles. The van der Waals surface area contributed by atoms with Gasteiger partial charge in [0.15, 0.2) is 0 Å². The van der Waals surface area contributed by atoms with Crippen molar-refractivity contribution in [1.29, 1.82) is 0 Å². The Hall–Kier alpha value is -1.14. The van der Waals surface area contributed by atoms with Gasteiger partial charge in [-0.3, -0.25) is 14.5 Å². The number of nitrogens with one attached hydrogen (secondary N) is 1. The molecule has 0 saturated carbocycles. The van der Waals surface area contributed by atoms with Gasteiger partial charge in [0.1, 0.15) is 0 Å². The first kappa shape index (κ1) is 16.2. The third-order valence-electron chi connectivity index (χ3n) is 4.67. The molecule has 2 rings (SSSR count). The molecule has 120 valence electrons. The fourth-order valence-corrected chi connectivity index (χ4v) is 2.84. The van der Waals surface area contributed by atoms with E-state index in [0.717, 1.165) is 45.7 Å². The maximum Gasteiger partial charge on any atom is 0.236 e. The number of amides is 2. The van der Waals surface area contributed by atoms with E-state index in [-0.39, 0.29) is 17.7 Å². The molecule has 2 heterocycles. The molecule has 2 aliphatic rings. The number of hydrogen-bond acceptors (Lipinski definition) is 4. The predicted octanol–water partition coefficient (Wildman–Crippen LogP) is -0.536. The number of carbonyl (C=O) groups excluding carboxylic acids is 2. The van der Waals surface area contributed by atoms with E-state index in [2.05, 4.69) is 10.2 Å². The molecule has 0 aromatic heterocycles. The van der Waals surface area contributed by atoms with Crippen LogP contribution in [0.3, 0.4) is 0 Å². The molecule has 0 bridgehead atoms. The SMILES string of the molecule is CC(C(=O)N1CCCN(CC(=O)N(C)C)CC1)C1CNC1. The maximum absolute atomic E-state index is 12.5. The van der Waals surface area contributed by atoms with Gasteiger partial charge >= 0.3 is 0 Å². The molecule has 0 aromatic carbocycles. The summed E-state index contributed by atoms with van der Waals surface area (Å²) in [5, 5.41) is 3.23. The van der Waals surface area contributed by atoms with Gasteiger partial charge in [0.25, 0.3) is 0 Å². The molecule has 2 saturated heterocycles. The molecule has 2 aliphatic heterocycles. The summed E-state index contributed by atoms with van der Waals surface area (Å²) >= 11 is 0. The number of nitrogens with zero attached hydrogens (tertiary/aromatic N) is 3. The molecule has 6 nitrogen and oxygen atoms in total. The lowest BCUT2D eigenvalue weighted by molar-refractivity contribution is -0.137. The smallest absolute Gasteiger partial charge is 0.236 e. The molecule has 0 radical (unpaired) electrons. The van der Waals surface area contributed by atoms with Crippen molar-refractivity contribution in [1.82, 2.24) is 20.0 Å². The van der Waals surface area contributed by atoms with Crippen LogP contribution in [0, 0.1) is 11.8 Å². The van der Waals surface area contributed by atoms with Crippen molar-refractivity contribution in [2.24, 2.45) is 11.8 Å². The van der Waals surface area contributed by atoms with Gasteiger partial charge < -0.3 is 15.1 Å². The Morgan fingerprint density at radius 1 is 1.19 bits per heavy atom. The minimum Gasteiger partial charge on any atom is -0.348 e. The van der Waals surface area contributed by atoms with Crippen LogP contribution in [0.15, 0.2) is 0 Å². The second-order valence-corrected chi connectivity index (χ2v) is 6.45. The zero-order chi connectivity index (χ0) is 15.4. The summed E-state index contributed by atoms with van der Waals surface area (Å²) in [5.74, 6) is 1.01. The second kappa shape index (κ2) is 7.22. The Morgan fingerprint density at radius 3 is 2.48 bits per heavy atom.